The average Bonchev–Trinajstić information content (AvgIpc) is 2.96. The third-order valence-electron chi connectivity index (χ3n) is 6.44. The Bertz CT molecular complexity index is 1180. The number of benzene rings is 1. The molecule has 2 bridgehead atoms. The van der Waals surface area contributed by atoms with Gasteiger partial charge < -0.3 is 4.90 Å². The van der Waals surface area contributed by atoms with Crippen molar-refractivity contribution in [3.05, 3.63) is 53.0 Å². The van der Waals surface area contributed by atoms with Crippen molar-refractivity contribution in [2.75, 3.05) is 11.4 Å². The second-order valence-electron chi connectivity index (χ2n) is 9.88. The number of fused-ring (bicyclic) bond motifs is 3. The van der Waals surface area contributed by atoms with Crippen molar-refractivity contribution in [1.82, 2.24) is 15.0 Å². The highest BCUT2D eigenvalue weighted by atomic mass is 32.2. The van der Waals surface area contributed by atoms with Gasteiger partial charge in [-0.2, -0.15) is 0 Å². The van der Waals surface area contributed by atoms with Crippen LogP contribution >= 0.6 is 11.8 Å². The first-order valence-electron chi connectivity index (χ1n) is 10.5. The third kappa shape index (κ3) is 3.63. The van der Waals surface area contributed by atoms with Crippen molar-refractivity contribution in [1.29, 1.82) is 0 Å². The van der Waals surface area contributed by atoms with Gasteiger partial charge in [0.15, 0.2) is 5.03 Å². The van der Waals surface area contributed by atoms with Crippen LogP contribution in [0.3, 0.4) is 0 Å². The monoisotopic (exact) mass is 435 g/mol. The summed E-state index contributed by atoms with van der Waals surface area (Å²) in [5.74, 6) is 0.446. The Morgan fingerprint density at radius 2 is 1.94 bits per heavy atom. The molecular weight excluding hydrogens is 410 g/mol. The maximum atomic E-state index is 12.2. The molecule has 0 amide bonds. The number of anilines is 1. The molecule has 0 radical (unpaired) electrons. The molecule has 2 fully saturated rings. The van der Waals surface area contributed by atoms with Crippen LogP contribution in [-0.2, 0) is 0 Å². The van der Waals surface area contributed by atoms with E-state index in [-0.39, 0.29) is 27.5 Å². The standard InChI is InChI=1S/C23H25N5O2S/c1-22(2)10-16-11-23(3,12-22)13-27(16)20-19(28(29)30)21(26-14-25-20)31-17-8-4-6-15-7-5-9-24-18(15)17/h4-9,14,16H,10-13H2,1-3H3. The smallest absolute Gasteiger partial charge is 0.343 e. The molecular formula is C23H25N5O2S. The third-order valence-corrected chi connectivity index (χ3v) is 7.48. The summed E-state index contributed by atoms with van der Waals surface area (Å²) in [6, 6.07) is 9.98. The predicted molar refractivity (Wildman–Crippen MR) is 121 cm³/mol. The van der Waals surface area contributed by atoms with Gasteiger partial charge in [0.05, 0.1) is 10.4 Å². The molecule has 3 aromatic rings. The fourth-order valence-corrected chi connectivity index (χ4v) is 6.75. The Morgan fingerprint density at radius 3 is 2.74 bits per heavy atom. The van der Waals surface area contributed by atoms with E-state index in [4.69, 9.17) is 0 Å². The van der Waals surface area contributed by atoms with Crippen LogP contribution in [0.2, 0.25) is 0 Å². The Hall–Kier alpha value is -2.74. The van der Waals surface area contributed by atoms with Gasteiger partial charge in [0.2, 0.25) is 5.82 Å². The van der Waals surface area contributed by atoms with Gasteiger partial charge in [-0.3, -0.25) is 15.1 Å². The van der Waals surface area contributed by atoms with Crippen LogP contribution in [0.25, 0.3) is 10.9 Å². The molecule has 8 heteroatoms. The van der Waals surface area contributed by atoms with E-state index >= 15 is 0 Å². The molecule has 1 aromatic carbocycles. The van der Waals surface area contributed by atoms with E-state index in [1.165, 1.54) is 18.1 Å². The normalized spacial score (nSPS) is 24.5. The minimum atomic E-state index is -0.327. The van der Waals surface area contributed by atoms with Gasteiger partial charge in [0.25, 0.3) is 0 Å². The van der Waals surface area contributed by atoms with Crippen LogP contribution in [0.1, 0.15) is 40.0 Å². The van der Waals surface area contributed by atoms with Crippen molar-refractivity contribution in [3.63, 3.8) is 0 Å². The quantitative estimate of drug-likeness (QED) is 0.304. The molecule has 31 heavy (non-hydrogen) atoms. The number of hydrogen-bond acceptors (Lipinski definition) is 7. The Labute approximate surface area is 185 Å². The predicted octanol–water partition coefficient (Wildman–Crippen LogP) is 5.49. The topological polar surface area (TPSA) is 85.0 Å². The first-order chi connectivity index (χ1) is 14.7. The zero-order valence-electron chi connectivity index (χ0n) is 17.9. The van der Waals surface area contributed by atoms with Gasteiger partial charge in [-0.15, -0.1) is 0 Å². The van der Waals surface area contributed by atoms with E-state index < -0.39 is 0 Å². The number of hydrogen-bond donors (Lipinski definition) is 0. The molecule has 160 valence electrons. The van der Waals surface area contributed by atoms with Crippen LogP contribution in [-0.4, -0.2) is 32.5 Å². The minimum Gasteiger partial charge on any atom is -0.347 e. The molecule has 5 rings (SSSR count). The number of para-hydroxylation sites is 1. The van der Waals surface area contributed by atoms with E-state index in [0.717, 1.165) is 41.6 Å². The number of nitrogens with zero attached hydrogens (tertiary/aromatic N) is 5. The van der Waals surface area contributed by atoms with Crippen molar-refractivity contribution < 1.29 is 4.92 Å². The van der Waals surface area contributed by atoms with E-state index in [1.807, 2.05) is 30.3 Å². The van der Waals surface area contributed by atoms with Gasteiger partial charge >= 0.3 is 5.69 Å². The molecule has 1 saturated heterocycles. The second kappa shape index (κ2) is 7.15. The molecule has 1 aliphatic carbocycles. The minimum absolute atomic E-state index is 0.00519. The van der Waals surface area contributed by atoms with E-state index in [1.54, 1.807) is 6.20 Å². The fraction of sp³-hybridized carbons (Fsp3) is 0.435. The number of pyridine rings is 1. The Kier molecular flexibility index (Phi) is 4.66. The van der Waals surface area contributed by atoms with Crippen LogP contribution in [0.4, 0.5) is 11.5 Å². The number of aromatic nitrogens is 3. The number of rotatable bonds is 4. The Morgan fingerprint density at radius 1 is 1.13 bits per heavy atom. The molecule has 2 aliphatic rings. The molecule has 0 N–H and O–H groups in total. The second-order valence-corrected chi connectivity index (χ2v) is 10.9. The first kappa shape index (κ1) is 20.2. The van der Waals surface area contributed by atoms with Crippen LogP contribution in [0.15, 0.2) is 52.8 Å². The van der Waals surface area contributed by atoms with Crippen LogP contribution in [0, 0.1) is 20.9 Å². The van der Waals surface area contributed by atoms with Crippen LogP contribution in [0.5, 0.6) is 0 Å². The van der Waals surface area contributed by atoms with Gasteiger partial charge in [0, 0.05) is 29.1 Å². The first-order valence-corrected chi connectivity index (χ1v) is 11.3. The summed E-state index contributed by atoms with van der Waals surface area (Å²) in [4.78, 5) is 28.1. The summed E-state index contributed by atoms with van der Waals surface area (Å²) in [6.45, 7) is 7.68. The summed E-state index contributed by atoms with van der Waals surface area (Å²) in [5.41, 5.74) is 1.18. The lowest BCUT2D eigenvalue weighted by Gasteiger charge is -2.39. The molecule has 7 nitrogen and oxygen atoms in total. The van der Waals surface area contributed by atoms with Gasteiger partial charge in [-0.25, -0.2) is 9.97 Å². The summed E-state index contributed by atoms with van der Waals surface area (Å²) < 4.78 is 0. The Balaban J connectivity index is 1.57. The maximum Gasteiger partial charge on any atom is 0.343 e. The summed E-state index contributed by atoms with van der Waals surface area (Å²) in [5, 5.41) is 13.6. The van der Waals surface area contributed by atoms with Crippen LogP contribution < -0.4 is 4.90 Å². The summed E-state index contributed by atoms with van der Waals surface area (Å²) in [7, 11) is 0. The molecule has 0 spiro atoms. The highest BCUT2D eigenvalue weighted by Gasteiger charge is 2.51. The largest absolute Gasteiger partial charge is 0.347 e. The zero-order valence-corrected chi connectivity index (χ0v) is 18.7. The molecule has 1 saturated carbocycles. The van der Waals surface area contributed by atoms with Gasteiger partial charge in [0.1, 0.15) is 6.33 Å². The highest BCUT2D eigenvalue weighted by Crippen LogP contribution is 2.54. The van der Waals surface area contributed by atoms with E-state index in [9.17, 15) is 10.1 Å². The lowest BCUT2D eigenvalue weighted by Crippen LogP contribution is -2.35. The van der Waals surface area contributed by atoms with E-state index in [2.05, 4.69) is 40.6 Å². The maximum absolute atomic E-state index is 12.2. The van der Waals surface area contributed by atoms with Gasteiger partial charge in [-0.05, 0) is 42.2 Å². The lowest BCUT2D eigenvalue weighted by atomic mass is 9.65. The summed E-state index contributed by atoms with van der Waals surface area (Å²) in [6.07, 6.45) is 6.38. The summed E-state index contributed by atoms with van der Waals surface area (Å²) >= 11 is 1.29. The molecule has 2 aromatic heterocycles. The van der Waals surface area contributed by atoms with Gasteiger partial charge in [-0.1, -0.05) is 50.7 Å². The highest BCUT2D eigenvalue weighted by molar-refractivity contribution is 7.99. The molecule has 1 aliphatic heterocycles. The fourth-order valence-electron chi connectivity index (χ4n) is 5.77. The van der Waals surface area contributed by atoms with E-state index in [0.29, 0.717) is 10.8 Å². The van der Waals surface area contributed by atoms with Crippen molar-refractivity contribution in [2.24, 2.45) is 10.8 Å². The van der Waals surface area contributed by atoms with Crippen molar-refractivity contribution >= 4 is 34.2 Å². The molecule has 2 atom stereocenters. The molecule has 2 unspecified atom stereocenters. The van der Waals surface area contributed by atoms with Crippen molar-refractivity contribution in [3.8, 4) is 0 Å². The number of nitro groups is 1. The molecule has 3 heterocycles. The zero-order chi connectivity index (χ0) is 21.8. The van der Waals surface area contributed by atoms with Crippen molar-refractivity contribution in [2.45, 2.75) is 56.0 Å². The lowest BCUT2D eigenvalue weighted by molar-refractivity contribution is -0.387. The SMILES string of the molecule is CC1(C)CC2CC(C)(CN2c2ncnc(Sc3cccc4cccnc34)c2[N+](=O)[O-])C1. The average molecular weight is 436 g/mol.